The molecule has 1 fully saturated rings. The molecule has 33 heavy (non-hydrogen) atoms. The van der Waals surface area contributed by atoms with E-state index in [1.165, 1.54) is 12.1 Å². The number of benzene rings is 1. The number of carbonyl (C=O) groups is 1. The minimum atomic E-state index is -0.601. The van der Waals surface area contributed by atoms with Gasteiger partial charge in [0.2, 0.25) is 5.89 Å². The fourth-order valence-electron chi connectivity index (χ4n) is 4.24. The average molecular weight is 475 g/mol. The van der Waals surface area contributed by atoms with Gasteiger partial charge in [-0.1, -0.05) is 18.5 Å². The number of hydrogen-bond acceptors (Lipinski definition) is 7. The van der Waals surface area contributed by atoms with Crippen LogP contribution in [-0.2, 0) is 16.8 Å². The van der Waals surface area contributed by atoms with Crippen LogP contribution in [0.1, 0.15) is 44.2 Å². The first kappa shape index (κ1) is 23.0. The molecule has 0 saturated heterocycles. The summed E-state index contributed by atoms with van der Waals surface area (Å²) in [5.41, 5.74) is 0.0961. The van der Waals surface area contributed by atoms with Gasteiger partial charge in [0.1, 0.15) is 17.3 Å². The summed E-state index contributed by atoms with van der Waals surface area (Å²) in [6.07, 6.45) is 2.87. The Hall–Kier alpha value is -3.20. The van der Waals surface area contributed by atoms with Crippen molar-refractivity contribution in [1.29, 1.82) is 0 Å². The van der Waals surface area contributed by atoms with Gasteiger partial charge in [0.05, 0.1) is 16.6 Å². The van der Waals surface area contributed by atoms with E-state index in [0.29, 0.717) is 30.4 Å². The SMILES string of the molecule is Cc1ccc(OCc2nnc(C3(C)CC(C)(NC(=O)COc4ccc(Cl)c(F)c4)C3)o2)cn1. The Morgan fingerprint density at radius 3 is 2.64 bits per heavy atom. The third kappa shape index (κ3) is 5.42. The fraction of sp³-hybridized carbons (Fsp3) is 0.391. The van der Waals surface area contributed by atoms with Gasteiger partial charge >= 0.3 is 0 Å². The second-order valence-corrected chi connectivity index (χ2v) is 9.22. The van der Waals surface area contributed by atoms with E-state index >= 15 is 0 Å². The molecular formula is C23H24ClFN4O4. The summed E-state index contributed by atoms with van der Waals surface area (Å²) in [5, 5.41) is 11.2. The molecule has 1 N–H and O–H groups in total. The lowest BCUT2D eigenvalue weighted by molar-refractivity contribution is -0.127. The Kier molecular flexibility index (Phi) is 6.25. The highest BCUT2D eigenvalue weighted by Crippen LogP contribution is 2.49. The minimum absolute atomic E-state index is 0.00373. The molecule has 1 amide bonds. The summed E-state index contributed by atoms with van der Waals surface area (Å²) in [5.74, 6) is 0.819. The summed E-state index contributed by atoms with van der Waals surface area (Å²) in [6, 6.07) is 7.72. The average Bonchev–Trinajstić information content (AvgIpc) is 3.23. The van der Waals surface area contributed by atoms with E-state index in [4.69, 9.17) is 25.5 Å². The van der Waals surface area contributed by atoms with Crippen LogP contribution in [0, 0.1) is 12.7 Å². The van der Waals surface area contributed by atoms with Crippen molar-refractivity contribution < 1.29 is 23.1 Å². The summed E-state index contributed by atoms with van der Waals surface area (Å²) in [4.78, 5) is 16.5. The molecule has 1 aromatic carbocycles. The molecule has 10 heteroatoms. The van der Waals surface area contributed by atoms with Crippen molar-refractivity contribution in [1.82, 2.24) is 20.5 Å². The van der Waals surface area contributed by atoms with Crippen molar-refractivity contribution >= 4 is 17.5 Å². The highest BCUT2D eigenvalue weighted by Gasteiger charge is 2.53. The van der Waals surface area contributed by atoms with E-state index in [0.717, 1.165) is 11.8 Å². The van der Waals surface area contributed by atoms with Crippen LogP contribution in [0.2, 0.25) is 5.02 Å². The maximum Gasteiger partial charge on any atom is 0.258 e. The van der Waals surface area contributed by atoms with E-state index < -0.39 is 11.4 Å². The van der Waals surface area contributed by atoms with Crippen molar-refractivity contribution in [2.75, 3.05) is 6.61 Å². The van der Waals surface area contributed by atoms with Crippen molar-refractivity contribution in [3.05, 3.63) is 64.8 Å². The highest BCUT2D eigenvalue weighted by atomic mass is 35.5. The van der Waals surface area contributed by atoms with E-state index in [2.05, 4.69) is 20.5 Å². The maximum absolute atomic E-state index is 13.5. The molecule has 8 nitrogen and oxygen atoms in total. The number of aryl methyl sites for hydroxylation is 1. The zero-order chi connectivity index (χ0) is 23.6. The van der Waals surface area contributed by atoms with Gasteiger partial charge in [-0.25, -0.2) is 4.39 Å². The molecule has 0 spiro atoms. The Labute approximate surface area is 195 Å². The number of nitrogens with one attached hydrogen (secondary N) is 1. The van der Waals surface area contributed by atoms with Crippen molar-refractivity contribution in [3.63, 3.8) is 0 Å². The quantitative estimate of drug-likeness (QED) is 0.523. The molecule has 0 aliphatic heterocycles. The first-order chi connectivity index (χ1) is 15.6. The lowest BCUT2D eigenvalue weighted by Gasteiger charge is -2.51. The summed E-state index contributed by atoms with van der Waals surface area (Å²) in [7, 11) is 0. The Morgan fingerprint density at radius 1 is 1.18 bits per heavy atom. The Balaban J connectivity index is 1.27. The fourth-order valence-corrected chi connectivity index (χ4v) is 4.36. The maximum atomic E-state index is 13.5. The Bertz CT molecular complexity index is 1150. The largest absolute Gasteiger partial charge is 0.484 e. The zero-order valence-electron chi connectivity index (χ0n) is 18.5. The molecular weight excluding hydrogens is 451 g/mol. The van der Waals surface area contributed by atoms with Crippen LogP contribution >= 0.6 is 11.6 Å². The third-order valence-electron chi connectivity index (χ3n) is 5.49. The summed E-state index contributed by atoms with van der Waals surface area (Å²) in [6.45, 7) is 5.76. The van der Waals surface area contributed by atoms with Crippen LogP contribution < -0.4 is 14.8 Å². The van der Waals surface area contributed by atoms with Gasteiger partial charge in [-0.15, -0.1) is 10.2 Å². The molecule has 2 heterocycles. The van der Waals surface area contributed by atoms with Gasteiger partial charge in [-0.2, -0.15) is 0 Å². The normalized spacial score (nSPS) is 21.8. The number of carbonyl (C=O) groups excluding carboxylic acids is 1. The van der Waals surface area contributed by atoms with Crippen LogP contribution in [0.4, 0.5) is 4.39 Å². The van der Waals surface area contributed by atoms with Gasteiger partial charge in [-0.05, 0) is 51.0 Å². The number of ether oxygens (including phenoxy) is 2. The lowest BCUT2D eigenvalue weighted by atomic mass is 9.59. The van der Waals surface area contributed by atoms with Gasteiger partial charge in [0.15, 0.2) is 13.2 Å². The summed E-state index contributed by atoms with van der Waals surface area (Å²) < 4.78 is 30.3. The van der Waals surface area contributed by atoms with E-state index in [9.17, 15) is 9.18 Å². The van der Waals surface area contributed by atoms with Crippen LogP contribution in [0.15, 0.2) is 40.9 Å². The van der Waals surface area contributed by atoms with Gasteiger partial charge in [0, 0.05) is 17.3 Å². The smallest absolute Gasteiger partial charge is 0.258 e. The minimum Gasteiger partial charge on any atom is -0.484 e. The molecule has 1 saturated carbocycles. The summed E-state index contributed by atoms with van der Waals surface area (Å²) >= 11 is 5.65. The first-order valence-electron chi connectivity index (χ1n) is 10.4. The second-order valence-electron chi connectivity index (χ2n) is 8.81. The molecule has 1 aliphatic rings. The number of rotatable bonds is 8. The predicted molar refractivity (Wildman–Crippen MR) is 118 cm³/mol. The number of nitrogens with zero attached hydrogens (tertiary/aromatic N) is 3. The Morgan fingerprint density at radius 2 is 1.94 bits per heavy atom. The zero-order valence-corrected chi connectivity index (χ0v) is 19.3. The van der Waals surface area contributed by atoms with Crippen LogP contribution in [0.5, 0.6) is 11.5 Å². The molecule has 0 atom stereocenters. The highest BCUT2D eigenvalue weighted by molar-refractivity contribution is 6.30. The van der Waals surface area contributed by atoms with E-state index in [1.807, 2.05) is 32.9 Å². The predicted octanol–water partition coefficient (Wildman–Crippen LogP) is 4.15. The van der Waals surface area contributed by atoms with E-state index in [1.54, 1.807) is 6.20 Å². The number of amides is 1. The number of pyridine rings is 1. The molecule has 174 valence electrons. The van der Waals surface area contributed by atoms with Gasteiger partial charge in [0.25, 0.3) is 11.8 Å². The van der Waals surface area contributed by atoms with Crippen molar-refractivity contribution in [2.24, 2.45) is 0 Å². The van der Waals surface area contributed by atoms with Crippen molar-refractivity contribution in [3.8, 4) is 11.5 Å². The monoisotopic (exact) mass is 474 g/mol. The third-order valence-corrected chi connectivity index (χ3v) is 5.80. The van der Waals surface area contributed by atoms with Gasteiger partial charge < -0.3 is 19.2 Å². The van der Waals surface area contributed by atoms with Gasteiger partial charge in [-0.3, -0.25) is 9.78 Å². The van der Waals surface area contributed by atoms with Crippen LogP contribution in [-0.4, -0.2) is 33.2 Å². The number of halogens is 2. The standard InChI is InChI=1S/C23H24ClFN4O4/c1-14-4-5-16(9-26-14)32-11-20-28-29-21(33-20)22(2)12-23(3,13-22)27-19(30)10-31-15-6-7-17(24)18(25)8-15/h4-9H,10-13H2,1-3H3,(H,27,30). The molecule has 3 aromatic rings. The number of hydrogen-bond donors (Lipinski definition) is 1. The van der Waals surface area contributed by atoms with Crippen LogP contribution in [0.3, 0.4) is 0 Å². The lowest BCUT2D eigenvalue weighted by Crippen LogP contribution is -2.61. The number of aromatic nitrogens is 3. The first-order valence-corrected chi connectivity index (χ1v) is 10.8. The van der Waals surface area contributed by atoms with Crippen LogP contribution in [0.25, 0.3) is 0 Å². The molecule has 0 unspecified atom stereocenters. The molecule has 4 rings (SSSR count). The molecule has 0 radical (unpaired) electrons. The topological polar surface area (TPSA) is 99.4 Å². The molecule has 0 bridgehead atoms. The van der Waals surface area contributed by atoms with E-state index in [-0.39, 0.29) is 35.3 Å². The molecule has 2 aromatic heterocycles. The second kappa shape index (κ2) is 8.97. The van der Waals surface area contributed by atoms with Crippen molar-refractivity contribution in [2.45, 2.75) is 51.2 Å². The molecule has 1 aliphatic carbocycles.